The molecule has 0 fully saturated rings. The van der Waals surface area contributed by atoms with Crippen molar-refractivity contribution in [1.82, 2.24) is 0 Å². The lowest BCUT2D eigenvalue weighted by Gasteiger charge is -2.11. The number of nitrogens with one attached hydrogen (secondary N) is 1. The Morgan fingerprint density at radius 1 is 1.42 bits per heavy atom. The van der Waals surface area contributed by atoms with Crippen LogP contribution in [0.4, 0.5) is 10.1 Å². The highest BCUT2D eigenvalue weighted by molar-refractivity contribution is 7.93. The van der Waals surface area contributed by atoms with Crippen molar-refractivity contribution in [2.24, 2.45) is 0 Å². The summed E-state index contributed by atoms with van der Waals surface area (Å²) in [6.45, 7) is 3.02. The first kappa shape index (κ1) is 15.2. The Bertz CT molecular complexity index is 608. The van der Waals surface area contributed by atoms with Gasteiger partial charge in [0.25, 0.3) is 0 Å². The Kier molecular flexibility index (Phi) is 4.66. The van der Waals surface area contributed by atoms with Crippen molar-refractivity contribution in [3.63, 3.8) is 0 Å². The smallest absolute Gasteiger partial charge is 0.328 e. The molecule has 5 nitrogen and oxygen atoms in total. The van der Waals surface area contributed by atoms with E-state index in [1.807, 2.05) is 0 Å². The van der Waals surface area contributed by atoms with Crippen LogP contribution < -0.4 is 4.72 Å². The third-order valence-electron chi connectivity index (χ3n) is 2.28. The van der Waals surface area contributed by atoms with Gasteiger partial charge in [-0.3, -0.25) is 4.72 Å². The van der Waals surface area contributed by atoms with E-state index < -0.39 is 27.1 Å². The number of sulfonamides is 1. The average molecular weight is 287 g/mol. The monoisotopic (exact) mass is 287 g/mol. The van der Waals surface area contributed by atoms with Crippen LogP contribution in [-0.4, -0.2) is 24.7 Å². The summed E-state index contributed by atoms with van der Waals surface area (Å²) in [4.78, 5) is 10.4. The highest BCUT2D eigenvalue weighted by Gasteiger charge is 2.15. The van der Waals surface area contributed by atoms with Gasteiger partial charge >= 0.3 is 5.97 Å². The van der Waals surface area contributed by atoms with Gasteiger partial charge in [0.1, 0.15) is 5.82 Å². The summed E-state index contributed by atoms with van der Waals surface area (Å²) < 4.78 is 39.0. The Balaban J connectivity index is 3.07. The maximum absolute atomic E-state index is 13.4. The molecule has 0 spiro atoms. The van der Waals surface area contributed by atoms with Gasteiger partial charge in [0, 0.05) is 17.3 Å². The molecule has 0 aliphatic heterocycles. The van der Waals surface area contributed by atoms with Gasteiger partial charge in [-0.2, -0.15) is 0 Å². The lowest BCUT2D eigenvalue weighted by Crippen LogP contribution is -2.22. The molecule has 0 aliphatic rings. The Hall–Kier alpha value is -1.89. The molecule has 19 heavy (non-hydrogen) atoms. The number of carboxylic acid groups (broad SMARTS) is 1. The van der Waals surface area contributed by atoms with Crippen LogP contribution >= 0.6 is 0 Å². The molecule has 104 valence electrons. The van der Waals surface area contributed by atoms with Gasteiger partial charge in [-0.05, 0) is 38.1 Å². The molecule has 0 unspecified atom stereocenters. The Morgan fingerprint density at radius 3 is 2.58 bits per heavy atom. The third-order valence-corrected chi connectivity index (χ3v) is 4.04. The van der Waals surface area contributed by atoms with Crippen LogP contribution in [0.1, 0.15) is 19.4 Å². The summed E-state index contributed by atoms with van der Waals surface area (Å²) in [6.07, 6.45) is 1.84. The fourth-order valence-corrected chi connectivity index (χ4v) is 1.87. The standard InChI is InChI=1S/C12H14FNO4S/c1-8(2)19(17,18)14-10-4-5-11(13)9(7-10)3-6-12(15)16/h3-8,14H,1-2H3,(H,15,16)/b6-3+. The van der Waals surface area contributed by atoms with Crippen molar-refractivity contribution in [3.8, 4) is 0 Å². The first-order valence-electron chi connectivity index (χ1n) is 5.44. The molecule has 0 atom stereocenters. The molecule has 2 N–H and O–H groups in total. The summed E-state index contributed by atoms with van der Waals surface area (Å²) in [7, 11) is -3.52. The quantitative estimate of drug-likeness (QED) is 0.812. The molecule has 7 heteroatoms. The van der Waals surface area contributed by atoms with E-state index in [9.17, 15) is 17.6 Å². The topological polar surface area (TPSA) is 83.5 Å². The number of hydrogen-bond donors (Lipinski definition) is 2. The Morgan fingerprint density at radius 2 is 2.05 bits per heavy atom. The van der Waals surface area contributed by atoms with Gasteiger partial charge < -0.3 is 5.11 Å². The number of halogens is 1. The molecular weight excluding hydrogens is 273 g/mol. The maximum Gasteiger partial charge on any atom is 0.328 e. The van der Waals surface area contributed by atoms with Crippen LogP contribution in [0.2, 0.25) is 0 Å². The second kappa shape index (κ2) is 5.83. The molecule has 0 amide bonds. The molecule has 1 aromatic rings. The molecule has 0 aromatic heterocycles. The van der Waals surface area contributed by atoms with Crippen molar-refractivity contribution in [2.45, 2.75) is 19.1 Å². The first-order valence-corrected chi connectivity index (χ1v) is 6.99. The molecular formula is C12H14FNO4S. The number of carboxylic acids is 1. The predicted octanol–water partition coefficient (Wildman–Crippen LogP) is 2.07. The minimum atomic E-state index is -3.52. The van der Waals surface area contributed by atoms with Crippen LogP contribution in [0.5, 0.6) is 0 Å². The second-order valence-electron chi connectivity index (χ2n) is 4.10. The first-order chi connectivity index (χ1) is 8.72. The molecule has 1 rings (SSSR count). The molecule has 0 saturated heterocycles. The molecule has 0 radical (unpaired) electrons. The number of rotatable bonds is 5. The highest BCUT2D eigenvalue weighted by atomic mass is 32.2. The third kappa shape index (κ3) is 4.36. The van der Waals surface area contributed by atoms with Gasteiger partial charge in [0.15, 0.2) is 0 Å². The van der Waals surface area contributed by atoms with Crippen molar-refractivity contribution in [2.75, 3.05) is 4.72 Å². The van der Waals surface area contributed by atoms with Gasteiger partial charge in [-0.1, -0.05) is 0 Å². The van der Waals surface area contributed by atoms with E-state index in [-0.39, 0.29) is 11.3 Å². The van der Waals surface area contributed by atoms with Crippen LogP contribution in [0, 0.1) is 5.82 Å². The predicted molar refractivity (Wildman–Crippen MR) is 70.7 cm³/mol. The van der Waals surface area contributed by atoms with Gasteiger partial charge in [-0.25, -0.2) is 17.6 Å². The second-order valence-corrected chi connectivity index (χ2v) is 6.34. The summed E-state index contributed by atoms with van der Waals surface area (Å²) in [5.41, 5.74) is 0.173. The average Bonchev–Trinajstić information content (AvgIpc) is 2.29. The largest absolute Gasteiger partial charge is 0.478 e. The van der Waals surface area contributed by atoms with Gasteiger partial charge in [0.2, 0.25) is 10.0 Å². The molecule has 1 aromatic carbocycles. The number of benzene rings is 1. The number of anilines is 1. The van der Waals surface area contributed by atoms with Crippen LogP contribution in [0.15, 0.2) is 24.3 Å². The van der Waals surface area contributed by atoms with Crippen LogP contribution in [-0.2, 0) is 14.8 Å². The van der Waals surface area contributed by atoms with E-state index in [4.69, 9.17) is 5.11 Å². The van der Waals surface area contributed by atoms with Gasteiger partial charge in [-0.15, -0.1) is 0 Å². The van der Waals surface area contributed by atoms with E-state index in [1.165, 1.54) is 26.0 Å². The fourth-order valence-electron chi connectivity index (χ4n) is 1.18. The van der Waals surface area contributed by atoms with Crippen molar-refractivity contribution < 1.29 is 22.7 Å². The Labute approximate surface area is 110 Å². The molecule has 0 bridgehead atoms. The number of carbonyl (C=O) groups is 1. The van der Waals surface area contributed by atoms with E-state index in [2.05, 4.69) is 4.72 Å². The SMILES string of the molecule is CC(C)S(=O)(=O)Nc1ccc(F)c(/C=C/C(=O)O)c1. The number of hydrogen-bond acceptors (Lipinski definition) is 3. The molecule has 0 heterocycles. The summed E-state index contributed by atoms with van der Waals surface area (Å²) in [6, 6.07) is 3.57. The van der Waals surface area contributed by atoms with E-state index in [0.29, 0.717) is 0 Å². The van der Waals surface area contributed by atoms with E-state index in [0.717, 1.165) is 18.2 Å². The zero-order valence-electron chi connectivity index (χ0n) is 10.4. The lowest BCUT2D eigenvalue weighted by atomic mass is 10.2. The molecule has 0 aliphatic carbocycles. The zero-order valence-corrected chi connectivity index (χ0v) is 11.2. The van der Waals surface area contributed by atoms with Crippen molar-refractivity contribution >= 4 is 27.8 Å². The maximum atomic E-state index is 13.4. The zero-order chi connectivity index (χ0) is 14.6. The highest BCUT2D eigenvalue weighted by Crippen LogP contribution is 2.18. The van der Waals surface area contributed by atoms with Crippen LogP contribution in [0.3, 0.4) is 0 Å². The summed E-state index contributed by atoms with van der Waals surface area (Å²) >= 11 is 0. The van der Waals surface area contributed by atoms with Crippen molar-refractivity contribution in [1.29, 1.82) is 0 Å². The normalized spacial score (nSPS) is 12.0. The van der Waals surface area contributed by atoms with Crippen LogP contribution in [0.25, 0.3) is 6.08 Å². The van der Waals surface area contributed by atoms with Crippen molar-refractivity contribution in [3.05, 3.63) is 35.7 Å². The molecule has 0 saturated carbocycles. The van der Waals surface area contributed by atoms with Gasteiger partial charge in [0.05, 0.1) is 5.25 Å². The summed E-state index contributed by atoms with van der Waals surface area (Å²) in [5.74, 6) is -1.85. The number of aliphatic carboxylic acids is 1. The summed E-state index contributed by atoms with van der Waals surface area (Å²) in [5, 5.41) is 7.84. The minimum Gasteiger partial charge on any atom is -0.478 e. The lowest BCUT2D eigenvalue weighted by molar-refractivity contribution is -0.131. The van der Waals surface area contributed by atoms with E-state index >= 15 is 0 Å². The minimum absolute atomic E-state index is 0.00800. The van der Waals surface area contributed by atoms with E-state index in [1.54, 1.807) is 0 Å². The fraction of sp³-hybridized carbons (Fsp3) is 0.250.